The van der Waals surface area contributed by atoms with Crippen LogP contribution >= 0.6 is 0 Å². The van der Waals surface area contributed by atoms with Crippen LogP contribution in [-0.4, -0.2) is 40.5 Å². The minimum absolute atomic E-state index is 0. The maximum atomic E-state index is 4.90. The zero-order chi connectivity index (χ0) is 15.6. The fourth-order valence-corrected chi connectivity index (χ4v) is 3.22. The number of hydrogen-bond donors (Lipinski definition) is 1. The lowest BCUT2D eigenvalue weighted by molar-refractivity contribution is 0.230. The summed E-state index contributed by atoms with van der Waals surface area (Å²) < 4.78 is 2.23. The lowest BCUT2D eigenvalue weighted by atomic mass is 10.1. The number of fused-ring (bicyclic) bond motifs is 1. The van der Waals surface area contributed by atoms with Crippen molar-refractivity contribution in [3.8, 4) is 11.3 Å². The van der Waals surface area contributed by atoms with Crippen LogP contribution in [0.3, 0.4) is 0 Å². The molecule has 1 aliphatic rings. The Morgan fingerprint density at radius 1 is 1.04 bits per heavy atom. The fourth-order valence-electron chi connectivity index (χ4n) is 3.22. The number of nitrogens with one attached hydrogen (secondary N) is 1. The topological polar surface area (TPSA) is 32.6 Å². The molecule has 1 saturated heterocycles. The van der Waals surface area contributed by atoms with Crippen LogP contribution in [0.4, 0.5) is 0 Å². The van der Waals surface area contributed by atoms with Crippen molar-refractivity contribution in [2.45, 2.75) is 20.9 Å². The number of piperazine rings is 1. The summed E-state index contributed by atoms with van der Waals surface area (Å²) in [4.78, 5) is 7.40. The third kappa shape index (κ3) is 3.21. The van der Waals surface area contributed by atoms with Crippen molar-refractivity contribution in [2.75, 3.05) is 26.2 Å². The highest BCUT2D eigenvalue weighted by molar-refractivity contribution is 5.66. The molecule has 3 aromatic rings. The van der Waals surface area contributed by atoms with Crippen molar-refractivity contribution in [3.05, 3.63) is 59.9 Å². The summed E-state index contributed by atoms with van der Waals surface area (Å²) in [5.74, 6) is 0. The standard InChI is InChI=1S/C19H22N4.CH4/c1-15-5-7-16(8-6-15)19-17(14-22-12-9-20-10-13-22)23-11-3-2-4-18(23)21-19;/h2-8,11,20H,9-10,12-14H2,1H3;1H4. The molecule has 1 aromatic carbocycles. The van der Waals surface area contributed by atoms with E-state index in [1.54, 1.807) is 0 Å². The summed E-state index contributed by atoms with van der Waals surface area (Å²) in [6, 6.07) is 14.9. The zero-order valence-corrected chi connectivity index (χ0v) is 13.5. The molecule has 4 nitrogen and oxygen atoms in total. The van der Waals surface area contributed by atoms with Crippen LogP contribution in [0.5, 0.6) is 0 Å². The second-order valence-corrected chi connectivity index (χ2v) is 6.23. The maximum absolute atomic E-state index is 4.90. The van der Waals surface area contributed by atoms with Gasteiger partial charge in [-0.1, -0.05) is 43.3 Å². The van der Waals surface area contributed by atoms with Gasteiger partial charge in [-0.3, -0.25) is 4.90 Å². The lowest BCUT2D eigenvalue weighted by Crippen LogP contribution is -2.43. The van der Waals surface area contributed by atoms with Crippen molar-refractivity contribution in [1.29, 1.82) is 0 Å². The van der Waals surface area contributed by atoms with Gasteiger partial charge in [0.2, 0.25) is 0 Å². The highest BCUT2D eigenvalue weighted by atomic mass is 15.2. The molecule has 2 aromatic heterocycles. The number of aromatic nitrogens is 2. The van der Waals surface area contributed by atoms with Crippen LogP contribution in [0.2, 0.25) is 0 Å². The Morgan fingerprint density at radius 3 is 2.54 bits per heavy atom. The van der Waals surface area contributed by atoms with Gasteiger partial charge in [-0.25, -0.2) is 4.98 Å². The van der Waals surface area contributed by atoms with E-state index in [1.807, 2.05) is 0 Å². The molecular weight excluding hydrogens is 296 g/mol. The molecule has 3 heterocycles. The van der Waals surface area contributed by atoms with Gasteiger partial charge >= 0.3 is 0 Å². The number of hydrogen-bond acceptors (Lipinski definition) is 3. The lowest BCUT2D eigenvalue weighted by Gasteiger charge is -2.27. The number of imidazole rings is 1. The van der Waals surface area contributed by atoms with Gasteiger partial charge in [0.1, 0.15) is 5.65 Å². The molecule has 0 aliphatic carbocycles. The van der Waals surface area contributed by atoms with Crippen LogP contribution in [0.25, 0.3) is 16.9 Å². The van der Waals surface area contributed by atoms with Crippen molar-refractivity contribution in [3.63, 3.8) is 0 Å². The number of rotatable bonds is 3. The zero-order valence-electron chi connectivity index (χ0n) is 13.5. The van der Waals surface area contributed by atoms with E-state index in [-0.39, 0.29) is 7.43 Å². The molecule has 4 heteroatoms. The van der Waals surface area contributed by atoms with E-state index >= 15 is 0 Å². The molecule has 1 aliphatic heterocycles. The average molecular weight is 322 g/mol. The molecule has 4 rings (SSSR count). The predicted molar refractivity (Wildman–Crippen MR) is 100 cm³/mol. The van der Waals surface area contributed by atoms with Gasteiger partial charge < -0.3 is 9.72 Å². The highest BCUT2D eigenvalue weighted by Crippen LogP contribution is 2.26. The first-order valence-corrected chi connectivity index (χ1v) is 8.27. The monoisotopic (exact) mass is 322 g/mol. The number of pyridine rings is 1. The van der Waals surface area contributed by atoms with Crippen LogP contribution < -0.4 is 5.32 Å². The molecule has 126 valence electrons. The van der Waals surface area contributed by atoms with E-state index in [9.17, 15) is 0 Å². The van der Waals surface area contributed by atoms with Crippen molar-refractivity contribution in [1.82, 2.24) is 19.6 Å². The summed E-state index contributed by atoms with van der Waals surface area (Å²) >= 11 is 0. The summed E-state index contributed by atoms with van der Waals surface area (Å²) in [5, 5.41) is 3.42. The third-order valence-electron chi connectivity index (χ3n) is 4.54. The molecule has 0 saturated carbocycles. The molecule has 0 bridgehead atoms. The Balaban J connectivity index is 0.00000169. The Hall–Kier alpha value is -2.17. The Kier molecular flexibility index (Phi) is 4.97. The van der Waals surface area contributed by atoms with Gasteiger partial charge in [0.05, 0.1) is 11.4 Å². The van der Waals surface area contributed by atoms with Gasteiger partial charge in [0.15, 0.2) is 0 Å². The predicted octanol–water partition coefficient (Wildman–Crippen LogP) is 3.35. The SMILES string of the molecule is C.Cc1ccc(-c2nc3ccccn3c2CN2CCNCC2)cc1. The number of benzene rings is 1. The van der Waals surface area contributed by atoms with E-state index in [2.05, 4.69) is 70.2 Å². The quantitative estimate of drug-likeness (QED) is 0.802. The molecule has 0 spiro atoms. The second kappa shape index (κ2) is 7.16. The summed E-state index contributed by atoms with van der Waals surface area (Å²) in [7, 11) is 0. The van der Waals surface area contributed by atoms with Gasteiger partial charge in [0.25, 0.3) is 0 Å². The maximum Gasteiger partial charge on any atom is 0.137 e. The minimum Gasteiger partial charge on any atom is -0.314 e. The molecule has 24 heavy (non-hydrogen) atoms. The first-order valence-electron chi connectivity index (χ1n) is 8.27. The largest absolute Gasteiger partial charge is 0.314 e. The van der Waals surface area contributed by atoms with Crippen molar-refractivity contribution >= 4 is 5.65 Å². The van der Waals surface area contributed by atoms with E-state index in [1.165, 1.54) is 16.8 Å². The van der Waals surface area contributed by atoms with E-state index < -0.39 is 0 Å². The van der Waals surface area contributed by atoms with Gasteiger partial charge in [0, 0.05) is 44.5 Å². The number of aryl methyl sites for hydroxylation is 1. The molecule has 1 fully saturated rings. The summed E-state index contributed by atoms with van der Waals surface area (Å²) in [5.41, 5.74) is 5.89. The van der Waals surface area contributed by atoms with Crippen molar-refractivity contribution in [2.24, 2.45) is 0 Å². The van der Waals surface area contributed by atoms with Crippen LogP contribution in [0.15, 0.2) is 48.7 Å². The molecule has 0 unspecified atom stereocenters. The van der Waals surface area contributed by atoms with E-state index in [4.69, 9.17) is 4.98 Å². The average Bonchev–Trinajstić information content (AvgIpc) is 2.95. The summed E-state index contributed by atoms with van der Waals surface area (Å²) in [6.45, 7) is 7.37. The van der Waals surface area contributed by atoms with Gasteiger partial charge in [-0.05, 0) is 19.1 Å². The molecular formula is C20H26N4. The van der Waals surface area contributed by atoms with Gasteiger partial charge in [-0.15, -0.1) is 0 Å². The molecule has 0 radical (unpaired) electrons. The Bertz CT molecular complexity index is 798. The van der Waals surface area contributed by atoms with Gasteiger partial charge in [-0.2, -0.15) is 0 Å². The van der Waals surface area contributed by atoms with Crippen LogP contribution in [-0.2, 0) is 6.54 Å². The first kappa shape index (κ1) is 16.7. The first-order chi connectivity index (χ1) is 11.3. The smallest absolute Gasteiger partial charge is 0.137 e. The number of nitrogens with zero attached hydrogens (tertiary/aromatic N) is 3. The summed E-state index contributed by atoms with van der Waals surface area (Å²) in [6.07, 6.45) is 2.12. The minimum atomic E-state index is 0. The molecule has 1 N–H and O–H groups in total. The highest BCUT2D eigenvalue weighted by Gasteiger charge is 2.18. The fraction of sp³-hybridized carbons (Fsp3) is 0.350. The molecule has 0 atom stereocenters. The normalized spacial score (nSPS) is 15.4. The second-order valence-electron chi connectivity index (χ2n) is 6.23. The van der Waals surface area contributed by atoms with E-state index in [0.29, 0.717) is 0 Å². The Labute approximate surface area is 144 Å². The van der Waals surface area contributed by atoms with Crippen molar-refractivity contribution < 1.29 is 0 Å². The van der Waals surface area contributed by atoms with E-state index in [0.717, 1.165) is 44.1 Å². The Morgan fingerprint density at radius 2 is 1.79 bits per heavy atom. The third-order valence-corrected chi connectivity index (χ3v) is 4.54. The molecule has 0 amide bonds. The van der Waals surface area contributed by atoms with Crippen LogP contribution in [0, 0.1) is 6.92 Å². The van der Waals surface area contributed by atoms with Crippen LogP contribution in [0.1, 0.15) is 18.7 Å².